The highest BCUT2D eigenvalue weighted by atomic mass is 32.1. The van der Waals surface area contributed by atoms with Gasteiger partial charge in [-0.2, -0.15) is 0 Å². The van der Waals surface area contributed by atoms with Crippen molar-refractivity contribution < 1.29 is 0 Å². The molecule has 0 aliphatic heterocycles. The van der Waals surface area contributed by atoms with Crippen molar-refractivity contribution in [1.82, 2.24) is 5.32 Å². The molecule has 1 aromatic carbocycles. The van der Waals surface area contributed by atoms with Crippen molar-refractivity contribution in [3.05, 3.63) is 57.3 Å². The second-order valence-electron chi connectivity index (χ2n) is 4.96. The van der Waals surface area contributed by atoms with Crippen LogP contribution in [0.5, 0.6) is 0 Å². The lowest BCUT2D eigenvalue weighted by molar-refractivity contribution is 0.606. The highest BCUT2D eigenvalue weighted by molar-refractivity contribution is 7.12. The number of hydrogen-bond donors (Lipinski definition) is 1. The van der Waals surface area contributed by atoms with Crippen LogP contribution in [0.4, 0.5) is 0 Å². The predicted octanol–water partition coefficient (Wildman–Crippen LogP) is 4.71. The number of hydrogen-bond acceptors (Lipinski definition) is 2. The second-order valence-corrected chi connectivity index (χ2v) is 6.16. The van der Waals surface area contributed by atoms with E-state index < -0.39 is 0 Å². The Morgan fingerprint density at radius 2 is 1.79 bits per heavy atom. The molecule has 0 fully saturated rings. The van der Waals surface area contributed by atoms with Crippen LogP contribution < -0.4 is 5.32 Å². The molecule has 0 radical (unpaired) electrons. The Labute approximate surface area is 120 Å². The van der Waals surface area contributed by atoms with E-state index in [4.69, 9.17) is 0 Å². The average Bonchev–Trinajstić information content (AvgIpc) is 2.90. The number of thiophene rings is 1. The molecule has 1 aromatic heterocycles. The summed E-state index contributed by atoms with van der Waals surface area (Å²) < 4.78 is 0. The van der Waals surface area contributed by atoms with Crippen LogP contribution in [0.3, 0.4) is 0 Å². The third-order valence-electron chi connectivity index (χ3n) is 3.32. The Balaban J connectivity index is 2.26. The van der Waals surface area contributed by atoms with E-state index in [1.807, 2.05) is 11.3 Å². The van der Waals surface area contributed by atoms with Crippen LogP contribution in [0.15, 0.2) is 36.4 Å². The SMILES string of the molecule is CCCNC(c1ccc(C)cc1)c1ccc(CC)s1. The van der Waals surface area contributed by atoms with Crippen molar-refractivity contribution in [2.75, 3.05) is 6.54 Å². The summed E-state index contributed by atoms with van der Waals surface area (Å²) in [6, 6.07) is 13.8. The fourth-order valence-corrected chi connectivity index (χ4v) is 3.23. The van der Waals surface area contributed by atoms with Gasteiger partial charge in [-0.25, -0.2) is 0 Å². The lowest BCUT2D eigenvalue weighted by Gasteiger charge is -2.18. The maximum atomic E-state index is 3.67. The normalized spacial score (nSPS) is 12.6. The topological polar surface area (TPSA) is 12.0 Å². The number of aryl methyl sites for hydroxylation is 2. The van der Waals surface area contributed by atoms with Crippen LogP contribution in [-0.4, -0.2) is 6.54 Å². The lowest BCUT2D eigenvalue weighted by atomic mass is 10.0. The molecular weight excluding hydrogens is 250 g/mol. The second kappa shape index (κ2) is 6.88. The van der Waals surface area contributed by atoms with Crippen molar-refractivity contribution in [1.29, 1.82) is 0 Å². The van der Waals surface area contributed by atoms with Crippen LogP contribution in [0.1, 0.15) is 47.2 Å². The monoisotopic (exact) mass is 273 g/mol. The van der Waals surface area contributed by atoms with Gasteiger partial charge < -0.3 is 5.32 Å². The molecule has 2 aromatic rings. The molecule has 0 bridgehead atoms. The summed E-state index contributed by atoms with van der Waals surface area (Å²) in [5.41, 5.74) is 2.68. The average molecular weight is 273 g/mol. The third-order valence-corrected chi connectivity index (χ3v) is 4.62. The van der Waals surface area contributed by atoms with Crippen molar-refractivity contribution in [3.8, 4) is 0 Å². The van der Waals surface area contributed by atoms with E-state index in [0.29, 0.717) is 6.04 Å². The van der Waals surface area contributed by atoms with Gasteiger partial charge in [0.2, 0.25) is 0 Å². The van der Waals surface area contributed by atoms with Gasteiger partial charge in [0.25, 0.3) is 0 Å². The van der Waals surface area contributed by atoms with Gasteiger partial charge >= 0.3 is 0 Å². The molecule has 1 nitrogen and oxygen atoms in total. The van der Waals surface area contributed by atoms with Gasteiger partial charge in [-0.15, -0.1) is 11.3 Å². The highest BCUT2D eigenvalue weighted by Crippen LogP contribution is 2.29. The molecule has 0 saturated carbocycles. The summed E-state index contributed by atoms with van der Waals surface area (Å²) >= 11 is 1.93. The summed E-state index contributed by atoms with van der Waals surface area (Å²) in [5.74, 6) is 0. The minimum atomic E-state index is 0.339. The van der Waals surface area contributed by atoms with Gasteiger partial charge in [-0.3, -0.25) is 0 Å². The third kappa shape index (κ3) is 3.68. The molecule has 102 valence electrons. The van der Waals surface area contributed by atoms with Crippen molar-refractivity contribution >= 4 is 11.3 Å². The van der Waals surface area contributed by atoms with Crippen LogP contribution >= 0.6 is 11.3 Å². The zero-order chi connectivity index (χ0) is 13.7. The Morgan fingerprint density at radius 1 is 1.05 bits per heavy atom. The van der Waals surface area contributed by atoms with Crippen LogP contribution in [0.25, 0.3) is 0 Å². The highest BCUT2D eigenvalue weighted by Gasteiger charge is 2.15. The quantitative estimate of drug-likeness (QED) is 0.804. The van der Waals surface area contributed by atoms with Gasteiger partial charge in [0.05, 0.1) is 6.04 Å². The van der Waals surface area contributed by atoms with Crippen LogP contribution in [0.2, 0.25) is 0 Å². The fourth-order valence-electron chi connectivity index (χ4n) is 2.17. The molecule has 0 aliphatic carbocycles. The van der Waals surface area contributed by atoms with Crippen molar-refractivity contribution in [2.24, 2.45) is 0 Å². The van der Waals surface area contributed by atoms with E-state index in [1.54, 1.807) is 0 Å². The van der Waals surface area contributed by atoms with Gasteiger partial charge in [-0.1, -0.05) is 43.7 Å². The Bertz CT molecular complexity index is 498. The Hall–Kier alpha value is -1.12. The largest absolute Gasteiger partial charge is 0.306 e. The lowest BCUT2D eigenvalue weighted by Crippen LogP contribution is -2.22. The van der Waals surface area contributed by atoms with Gasteiger partial charge in [0.15, 0.2) is 0 Å². The maximum Gasteiger partial charge on any atom is 0.0671 e. The molecule has 0 saturated heterocycles. The zero-order valence-corrected chi connectivity index (χ0v) is 12.9. The van der Waals surface area contributed by atoms with E-state index in [0.717, 1.165) is 19.4 Å². The minimum absolute atomic E-state index is 0.339. The number of nitrogens with one attached hydrogen (secondary N) is 1. The molecule has 1 atom stereocenters. The van der Waals surface area contributed by atoms with Crippen LogP contribution in [-0.2, 0) is 6.42 Å². The molecule has 1 N–H and O–H groups in total. The summed E-state index contributed by atoms with van der Waals surface area (Å²) in [7, 11) is 0. The van der Waals surface area contributed by atoms with E-state index in [9.17, 15) is 0 Å². The summed E-state index contributed by atoms with van der Waals surface area (Å²) in [6.07, 6.45) is 2.29. The Morgan fingerprint density at radius 3 is 2.37 bits per heavy atom. The van der Waals surface area contributed by atoms with Crippen molar-refractivity contribution in [2.45, 2.75) is 39.7 Å². The number of benzene rings is 1. The first-order chi connectivity index (χ1) is 9.24. The zero-order valence-electron chi connectivity index (χ0n) is 12.1. The van der Waals surface area contributed by atoms with Gasteiger partial charge in [0, 0.05) is 9.75 Å². The molecule has 19 heavy (non-hydrogen) atoms. The van der Waals surface area contributed by atoms with E-state index in [-0.39, 0.29) is 0 Å². The Kier molecular flexibility index (Phi) is 5.17. The van der Waals surface area contributed by atoms with Gasteiger partial charge in [-0.05, 0) is 44.0 Å². The smallest absolute Gasteiger partial charge is 0.0671 e. The van der Waals surface area contributed by atoms with E-state index >= 15 is 0 Å². The summed E-state index contributed by atoms with van der Waals surface area (Å²) in [5, 5.41) is 3.67. The molecule has 1 unspecified atom stereocenters. The number of rotatable bonds is 6. The molecule has 0 amide bonds. The first-order valence-electron chi connectivity index (χ1n) is 7.13. The first kappa shape index (κ1) is 14.3. The van der Waals surface area contributed by atoms with Crippen LogP contribution in [0, 0.1) is 6.92 Å². The maximum absolute atomic E-state index is 3.67. The van der Waals surface area contributed by atoms with E-state index in [1.165, 1.54) is 20.9 Å². The predicted molar refractivity (Wildman–Crippen MR) is 85.0 cm³/mol. The molecule has 0 spiro atoms. The van der Waals surface area contributed by atoms with Crippen molar-refractivity contribution in [3.63, 3.8) is 0 Å². The van der Waals surface area contributed by atoms with Gasteiger partial charge in [0.1, 0.15) is 0 Å². The van der Waals surface area contributed by atoms with E-state index in [2.05, 4.69) is 62.5 Å². The molecule has 2 rings (SSSR count). The molecule has 0 aliphatic rings. The first-order valence-corrected chi connectivity index (χ1v) is 7.94. The molecular formula is C17H23NS. The summed E-state index contributed by atoms with van der Waals surface area (Å²) in [6.45, 7) is 7.62. The fraction of sp³-hybridized carbons (Fsp3) is 0.412. The summed E-state index contributed by atoms with van der Waals surface area (Å²) in [4.78, 5) is 2.89. The molecule has 1 heterocycles. The standard InChI is InChI=1S/C17H23NS/c1-4-12-18-17(14-8-6-13(3)7-9-14)16-11-10-15(5-2)19-16/h6-11,17-18H,4-5,12H2,1-3H3. The minimum Gasteiger partial charge on any atom is -0.306 e. The molecule has 2 heteroatoms.